The van der Waals surface area contributed by atoms with Crippen LogP contribution in [0.4, 0.5) is 5.69 Å². The van der Waals surface area contributed by atoms with Crippen molar-refractivity contribution in [3.8, 4) is 0 Å². The van der Waals surface area contributed by atoms with E-state index in [9.17, 15) is 9.59 Å². The molecule has 3 rings (SSSR count). The molecule has 1 saturated heterocycles. The zero-order valence-electron chi connectivity index (χ0n) is 12.5. The van der Waals surface area contributed by atoms with Crippen LogP contribution in [-0.2, 0) is 11.2 Å². The van der Waals surface area contributed by atoms with E-state index in [0.29, 0.717) is 0 Å². The van der Waals surface area contributed by atoms with Crippen molar-refractivity contribution < 1.29 is 9.59 Å². The number of ketones is 1. The van der Waals surface area contributed by atoms with Crippen LogP contribution in [0.5, 0.6) is 0 Å². The molecule has 1 aromatic rings. The number of amides is 1. The Bertz CT molecular complexity index is 562. The van der Waals surface area contributed by atoms with Crippen molar-refractivity contribution in [1.82, 2.24) is 5.32 Å². The summed E-state index contributed by atoms with van der Waals surface area (Å²) in [5.41, 5.74) is 2.87. The summed E-state index contributed by atoms with van der Waals surface area (Å²) in [6, 6.07) is 5.76. The van der Waals surface area contributed by atoms with Crippen LogP contribution in [0, 0.1) is 0 Å². The van der Waals surface area contributed by atoms with Crippen molar-refractivity contribution in [1.29, 1.82) is 0 Å². The van der Waals surface area contributed by atoms with Gasteiger partial charge in [-0.15, -0.1) is 0 Å². The van der Waals surface area contributed by atoms with E-state index in [-0.39, 0.29) is 17.7 Å². The van der Waals surface area contributed by atoms with Crippen LogP contribution in [0.25, 0.3) is 0 Å². The number of hydrogen-bond acceptors (Lipinski definition) is 3. The number of rotatable bonds is 2. The fourth-order valence-electron chi connectivity index (χ4n) is 3.35. The summed E-state index contributed by atoms with van der Waals surface area (Å²) in [6.07, 6.45) is 5.10. The zero-order valence-corrected chi connectivity index (χ0v) is 12.5. The number of hydrogen-bond donors (Lipinski definition) is 1. The molecule has 0 aliphatic carbocycles. The molecule has 1 unspecified atom stereocenters. The average Bonchev–Trinajstić information content (AvgIpc) is 2.53. The molecule has 0 bridgehead atoms. The quantitative estimate of drug-likeness (QED) is 0.849. The van der Waals surface area contributed by atoms with E-state index in [0.717, 1.165) is 62.0 Å². The Balaban J connectivity index is 1.85. The number of aryl methyl sites for hydroxylation is 1. The van der Waals surface area contributed by atoms with Crippen molar-refractivity contribution in [3.05, 3.63) is 29.3 Å². The average molecular weight is 286 g/mol. The van der Waals surface area contributed by atoms with Gasteiger partial charge >= 0.3 is 0 Å². The fourth-order valence-corrected chi connectivity index (χ4v) is 3.35. The molecule has 0 spiro atoms. The number of benzene rings is 1. The lowest BCUT2D eigenvalue weighted by Crippen LogP contribution is -2.40. The van der Waals surface area contributed by atoms with Crippen LogP contribution in [0.2, 0.25) is 0 Å². The predicted molar refractivity (Wildman–Crippen MR) is 82.8 cm³/mol. The van der Waals surface area contributed by atoms with Crippen molar-refractivity contribution in [2.75, 3.05) is 18.0 Å². The Labute approximate surface area is 125 Å². The minimum atomic E-state index is -0.0377. The lowest BCUT2D eigenvalue weighted by atomic mass is 9.93. The molecule has 2 aliphatic rings. The van der Waals surface area contributed by atoms with Crippen molar-refractivity contribution in [2.45, 2.75) is 45.1 Å². The fraction of sp³-hybridized carbons (Fsp3) is 0.529. The van der Waals surface area contributed by atoms with Gasteiger partial charge in [-0.05, 0) is 56.0 Å². The van der Waals surface area contributed by atoms with E-state index in [2.05, 4.69) is 5.32 Å². The summed E-state index contributed by atoms with van der Waals surface area (Å²) < 4.78 is 0. The van der Waals surface area contributed by atoms with Crippen molar-refractivity contribution >= 4 is 17.4 Å². The number of nitrogens with one attached hydrogen (secondary N) is 1. The molecular formula is C17H22N2O2. The third-order valence-electron chi connectivity index (χ3n) is 4.49. The van der Waals surface area contributed by atoms with E-state index >= 15 is 0 Å². The van der Waals surface area contributed by atoms with E-state index in [1.54, 1.807) is 6.92 Å². The molecular weight excluding hydrogens is 264 g/mol. The molecule has 0 aromatic heterocycles. The van der Waals surface area contributed by atoms with Gasteiger partial charge in [0.25, 0.3) is 0 Å². The van der Waals surface area contributed by atoms with Gasteiger partial charge in [0.1, 0.15) is 0 Å². The number of fused-ring (bicyclic) bond motifs is 1. The Hall–Kier alpha value is -1.68. The highest BCUT2D eigenvalue weighted by atomic mass is 16.2. The highest BCUT2D eigenvalue weighted by Crippen LogP contribution is 2.29. The van der Waals surface area contributed by atoms with E-state index < -0.39 is 0 Å². The van der Waals surface area contributed by atoms with Crippen LogP contribution in [0.15, 0.2) is 18.2 Å². The van der Waals surface area contributed by atoms with E-state index in [4.69, 9.17) is 0 Å². The van der Waals surface area contributed by atoms with Crippen LogP contribution >= 0.6 is 0 Å². The Morgan fingerprint density at radius 3 is 2.81 bits per heavy atom. The van der Waals surface area contributed by atoms with Crippen LogP contribution in [0.1, 0.15) is 48.5 Å². The third-order valence-corrected chi connectivity index (χ3v) is 4.49. The van der Waals surface area contributed by atoms with Gasteiger partial charge in [0.15, 0.2) is 5.78 Å². The molecule has 1 fully saturated rings. The number of nitrogens with zero attached hydrogens (tertiary/aromatic N) is 1. The van der Waals surface area contributed by atoms with E-state index in [1.807, 2.05) is 23.1 Å². The standard InChI is InChI=1S/C17H22N2O2/c1-12(20)19-10-4-5-13-11-14(7-8-16(13)19)17(21)15-6-2-3-9-18-15/h7-8,11,15,18H,2-6,9-10H2,1H3. The monoisotopic (exact) mass is 286 g/mol. The molecule has 2 heterocycles. The molecule has 0 saturated carbocycles. The SMILES string of the molecule is CC(=O)N1CCCc2cc(C(=O)C3CCCCN3)ccc21. The Morgan fingerprint density at radius 2 is 2.10 bits per heavy atom. The van der Waals surface area contributed by atoms with Crippen LogP contribution < -0.4 is 10.2 Å². The van der Waals surface area contributed by atoms with Gasteiger partial charge in [-0.25, -0.2) is 0 Å². The molecule has 1 atom stereocenters. The molecule has 4 heteroatoms. The topological polar surface area (TPSA) is 49.4 Å². The van der Waals surface area contributed by atoms with Crippen LogP contribution in [0.3, 0.4) is 0 Å². The first-order chi connectivity index (χ1) is 10.2. The minimum absolute atomic E-state index is 0.0377. The lowest BCUT2D eigenvalue weighted by molar-refractivity contribution is -0.116. The number of carbonyl (C=O) groups is 2. The smallest absolute Gasteiger partial charge is 0.223 e. The number of carbonyl (C=O) groups excluding carboxylic acids is 2. The maximum absolute atomic E-state index is 12.6. The van der Waals surface area contributed by atoms with Gasteiger partial charge in [-0.3, -0.25) is 9.59 Å². The minimum Gasteiger partial charge on any atom is -0.312 e. The Morgan fingerprint density at radius 1 is 1.24 bits per heavy atom. The first-order valence-electron chi connectivity index (χ1n) is 7.85. The summed E-state index contributed by atoms with van der Waals surface area (Å²) >= 11 is 0. The summed E-state index contributed by atoms with van der Waals surface area (Å²) in [6.45, 7) is 3.30. The highest BCUT2D eigenvalue weighted by Gasteiger charge is 2.25. The molecule has 1 aromatic carbocycles. The lowest BCUT2D eigenvalue weighted by Gasteiger charge is -2.29. The molecule has 1 amide bonds. The molecule has 1 N–H and O–H groups in total. The van der Waals surface area contributed by atoms with Gasteiger partial charge in [-0.2, -0.15) is 0 Å². The largest absolute Gasteiger partial charge is 0.312 e. The van der Waals surface area contributed by atoms with Gasteiger partial charge in [0.05, 0.1) is 6.04 Å². The predicted octanol–water partition coefficient (Wildman–Crippen LogP) is 2.31. The van der Waals surface area contributed by atoms with Crippen molar-refractivity contribution in [3.63, 3.8) is 0 Å². The van der Waals surface area contributed by atoms with Crippen molar-refractivity contribution in [2.24, 2.45) is 0 Å². The first-order valence-corrected chi connectivity index (χ1v) is 7.85. The molecule has 4 nitrogen and oxygen atoms in total. The molecule has 21 heavy (non-hydrogen) atoms. The van der Waals surface area contributed by atoms with Gasteiger partial charge < -0.3 is 10.2 Å². The highest BCUT2D eigenvalue weighted by molar-refractivity contribution is 6.01. The third kappa shape index (κ3) is 2.86. The molecule has 0 radical (unpaired) electrons. The van der Waals surface area contributed by atoms with Crippen LogP contribution in [-0.4, -0.2) is 30.8 Å². The van der Waals surface area contributed by atoms with Gasteiger partial charge in [0, 0.05) is 24.7 Å². The number of piperidine rings is 1. The number of Topliss-reactive ketones (excluding diaryl/α,β-unsaturated/α-hetero) is 1. The number of anilines is 1. The van der Waals surface area contributed by atoms with Gasteiger partial charge in [-0.1, -0.05) is 6.42 Å². The molecule has 2 aliphatic heterocycles. The second-order valence-electron chi connectivity index (χ2n) is 5.98. The second kappa shape index (κ2) is 5.98. The normalized spacial score (nSPS) is 21.8. The first kappa shape index (κ1) is 14.3. The maximum atomic E-state index is 12.6. The summed E-state index contributed by atoms with van der Waals surface area (Å²) in [5.74, 6) is 0.265. The summed E-state index contributed by atoms with van der Waals surface area (Å²) in [5, 5.41) is 3.31. The Kier molecular flexibility index (Phi) is 4.06. The summed E-state index contributed by atoms with van der Waals surface area (Å²) in [4.78, 5) is 26.0. The maximum Gasteiger partial charge on any atom is 0.223 e. The zero-order chi connectivity index (χ0) is 14.8. The molecule has 112 valence electrons. The van der Waals surface area contributed by atoms with E-state index in [1.165, 1.54) is 0 Å². The van der Waals surface area contributed by atoms with Gasteiger partial charge in [0.2, 0.25) is 5.91 Å². The summed E-state index contributed by atoms with van der Waals surface area (Å²) in [7, 11) is 0. The second-order valence-corrected chi connectivity index (χ2v) is 5.98.